The molecule has 21 heavy (non-hydrogen) atoms. The topological polar surface area (TPSA) is 42.2 Å². The van der Waals surface area contributed by atoms with Gasteiger partial charge in [0.2, 0.25) is 0 Å². The Balaban J connectivity index is 1.84. The Bertz CT molecular complexity index is 723. The highest BCUT2D eigenvalue weighted by Crippen LogP contribution is 2.29. The van der Waals surface area contributed by atoms with Crippen molar-refractivity contribution in [2.75, 3.05) is 6.54 Å². The number of rotatable bonds is 6. The molecule has 1 aromatic carbocycles. The highest BCUT2D eigenvalue weighted by Gasteiger charge is 2.09. The fourth-order valence-corrected chi connectivity index (χ4v) is 3.09. The molecule has 3 aromatic rings. The Morgan fingerprint density at radius 2 is 1.95 bits per heavy atom. The van der Waals surface area contributed by atoms with Crippen molar-refractivity contribution in [3.05, 3.63) is 54.2 Å². The van der Waals surface area contributed by atoms with Crippen LogP contribution in [0, 0.1) is 0 Å². The Morgan fingerprint density at radius 3 is 2.86 bits per heavy atom. The third-order valence-corrected chi connectivity index (χ3v) is 4.28. The van der Waals surface area contributed by atoms with Gasteiger partial charge in [0, 0.05) is 17.6 Å². The maximum absolute atomic E-state index is 4.28. The molecule has 0 saturated carbocycles. The van der Waals surface area contributed by atoms with Gasteiger partial charge in [0.05, 0.1) is 0 Å². The van der Waals surface area contributed by atoms with E-state index in [1.807, 2.05) is 28.8 Å². The smallest absolute Gasteiger partial charge is 0.200 e. The molecule has 0 saturated heterocycles. The van der Waals surface area contributed by atoms with Crippen LogP contribution in [-0.4, -0.2) is 21.1 Å². The van der Waals surface area contributed by atoms with Gasteiger partial charge in [-0.1, -0.05) is 31.2 Å². The number of hydrogen-bond acceptors (Lipinski definition) is 4. The third kappa shape index (κ3) is 3.25. The molecule has 0 aliphatic carbocycles. The molecule has 5 heteroatoms. The minimum absolute atomic E-state index is 0.876. The van der Waals surface area contributed by atoms with Crippen molar-refractivity contribution in [1.82, 2.24) is 19.9 Å². The summed E-state index contributed by atoms with van der Waals surface area (Å²) < 4.78 is 2.01. The van der Waals surface area contributed by atoms with E-state index >= 15 is 0 Å². The summed E-state index contributed by atoms with van der Waals surface area (Å²) in [7, 11) is 0. The minimum Gasteiger partial charge on any atom is -0.313 e. The average molecular weight is 298 g/mol. The molecule has 0 unspecified atom stereocenters. The van der Waals surface area contributed by atoms with Crippen LogP contribution in [0.3, 0.4) is 0 Å². The number of nitrogens with one attached hydrogen (secondary N) is 1. The first-order valence-electron chi connectivity index (χ1n) is 7.14. The van der Waals surface area contributed by atoms with Gasteiger partial charge in [-0.2, -0.15) is 0 Å². The average Bonchev–Trinajstić information content (AvgIpc) is 2.93. The minimum atomic E-state index is 0.876. The fourth-order valence-electron chi connectivity index (χ4n) is 2.14. The number of fused-ring (bicyclic) bond motifs is 1. The van der Waals surface area contributed by atoms with Crippen LogP contribution >= 0.6 is 11.8 Å². The summed E-state index contributed by atoms with van der Waals surface area (Å²) in [6, 6.07) is 14.4. The highest BCUT2D eigenvalue weighted by atomic mass is 32.2. The van der Waals surface area contributed by atoms with Crippen LogP contribution in [0.15, 0.2) is 58.7 Å². The molecule has 0 aliphatic rings. The predicted octanol–water partition coefficient (Wildman–Crippen LogP) is 3.38. The van der Waals surface area contributed by atoms with Crippen molar-refractivity contribution in [3.8, 4) is 0 Å². The van der Waals surface area contributed by atoms with Crippen molar-refractivity contribution in [3.63, 3.8) is 0 Å². The SMILES string of the molecule is CCCNCc1ccccc1Sc1nnc2ccccn12. The zero-order valence-corrected chi connectivity index (χ0v) is 12.8. The summed E-state index contributed by atoms with van der Waals surface area (Å²) in [6.07, 6.45) is 3.14. The van der Waals surface area contributed by atoms with Gasteiger partial charge in [-0.3, -0.25) is 4.40 Å². The summed E-state index contributed by atoms with van der Waals surface area (Å²) in [5, 5.41) is 12.8. The first-order valence-corrected chi connectivity index (χ1v) is 7.96. The Kier molecular flexibility index (Phi) is 4.52. The van der Waals surface area contributed by atoms with Crippen LogP contribution in [0.4, 0.5) is 0 Å². The van der Waals surface area contributed by atoms with Gasteiger partial charge < -0.3 is 5.32 Å². The summed E-state index contributed by atoms with van der Waals surface area (Å²) in [6.45, 7) is 4.09. The normalized spacial score (nSPS) is 11.1. The molecule has 0 fully saturated rings. The van der Waals surface area contributed by atoms with Crippen LogP contribution < -0.4 is 5.32 Å². The van der Waals surface area contributed by atoms with E-state index in [0.717, 1.165) is 30.3 Å². The zero-order valence-electron chi connectivity index (χ0n) is 12.0. The predicted molar refractivity (Wildman–Crippen MR) is 85.5 cm³/mol. The van der Waals surface area contributed by atoms with Crippen LogP contribution in [0.2, 0.25) is 0 Å². The standard InChI is InChI=1S/C16H18N4S/c1-2-10-17-12-13-7-3-4-8-14(13)21-16-19-18-15-9-5-6-11-20(15)16/h3-9,11,17H,2,10,12H2,1H3. The fraction of sp³-hybridized carbons (Fsp3) is 0.250. The lowest BCUT2D eigenvalue weighted by atomic mass is 10.2. The Morgan fingerprint density at radius 1 is 1.10 bits per heavy atom. The lowest BCUT2D eigenvalue weighted by Gasteiger charge is -2.09. The molecule has 0 amide bonds. The van der Waals surface area contributed by atoms with E-state index in [1.165, 1.54) is 10.5 Å². The van der Waals surface area contributed by atoms with E-state index < -0.39 is 0 Å². The Labute approximate surface area is 128 Å². The van der Waals surface area contributed by atoms with Crippen LogP contribution in [0.1, 0.15) is 18.9 Å². The Hall–Kier alpha value is -1.85. The molecule has 0 radical (unpaired) electrons. The first kappa shape index (κ1) is 14.1. The molecule has 0 spiro atoms. The third-order valence-electron chi connectivity index (χ3n) is 3.20. The van der Waals surface area contributed by atoms with Crippen molar-refractivity contribution >= 4 is 17.4 Å². The first-order chi connectivity index (χ1) is 10.4. The summed E-state index contributed by atoms with van der Waals surface area (Å²) >= 11 is 1.66. The van der Waals surface area contributed by atoms with Gasteiger partial charge in [0.25, 0.3) is 0 Å². The second kappa shape index (κ2) is 6.74. The van der Waals surface area contributed by atoms with E-state index in [1.54, 1.807) is 11.8 Å². The van der Waals surface area contributed by atoms with Gasteiger partial charge in [-0.25, -0.2) is 0 Å². The van der Waals surface area contributed by atoms with Crippen molar-refractivity contribution in [2.24, 2.45) is 0 Å². The molecule has 2 heterocycles. The highest BCUT2D eigenvalue weighted by molar-refractivity contribution is 7.99. The largest absolute Gasteiger partial charge is 0.313 e. The van der Waals surface area contributed by atoms with E-state index in [-0.39, 0.29) is 0 Å². The summed E-state index contributed by atoms with van der Waals surface area (Å²) in [5.41, 5.74) is 2.17. The van der Waals surface area contributed by atoms with Crippen molar-refractivity contribution < 1.29 is 0 Å². The summed E-state index contributed by atoms with van der Waals surface area (Å²) in [5.74, 6) is 0. The maximum atomic E-state index is 4.28. The maximum Gasteiger partial charge on any atom is 0.200 e. The number of hydrogen-bond donors (Lipinski definition) is 1. The van der Waals surface area contributed by atoms with E-state index in [9.17, 15) is 0 Å². The number of aromatic nitrogens is 3. The van der Waals surface area contributed by atoms with Gasteiger partial charge in [0.1, 0.15) is 0 Å². The lowest BCUT2D eigenvalue weighted by Crippen LogP contribution is -2.14. The molecule has 2 aromatic heterocycles. The van der Waals surface area contributed by atoms with Crippen LogP contribution in [-0.2, 0) is 6.54 Å². The number of benzene rings is 1. The molecule has 0 atom stereocenters. The second-order valence-electron chi connectivity index (χ2n) is 4.80. The van der Waals surface area contributed by atoms with Crippen molar-refractivity contribution in [2.45, 2.75) is 29.9 Å². The molecule has 3 rings (SSSR count). The molecule has 0 bridgehead atoms. The van der Waals surface area contributed by atoms with Gasteiger partial charge in [0.15, 0.2) is 10.8 Å². The molecule has 0 aliphatic heterocycles. The van der Waals surface area contributed by atoms with Crippen molar-refractivity contribution in [1.29, 1.82) is 0 Å². The molecule has 108 valence electrons. The van der Waals surface area contributed by atoms with Gasteiger partial charge in [-0.05, 0) is 48.5 Å². The number of nitrogens with zero attached hydrogens (tertiary/aromatic N) is 3. The lowest BCUT2D eigenvalue weighted by molar-refractivity contribution is 0.669. The van der Waals surface area contributed by atoms with Gasteiger partial charge >= 0.3 is 0 Å². The molecule has 1 N–H and O–H groups in total. The quantitative estimate of drug-likeness (QED) is 0.708. The van der Waals surface area contributed by atoms with E-state index in [2.05, 4.69) is 46.7 Å². The van der Waals surface area contributed by atoms with Crippen LogP contribution in [0.25, 0.3) is 5.65 Å². The molecular formula is C16H18N4S. The summed E-state index contributed by atoms with van der Waals surface area (Å²) in [4.78, 5) is 1.22. The number of pyridine rings is 1. The second-order valence-corrected chi connectivity index (χ2v) is 5.81. The molecular weight excluding hydrogens is 280 g/mol. The zero-order chi connectivity index (χ0) is 14.5. The monoisotopic (exact) mass is 298 g/mol. The van der Waals surface area contributed by atoms with Gasteiger partial charge in [-0.15, -0.1) is 10.2 Å². The van der Waals surface area contributed by atoms with E-state index in [0.29, 0.717) is 0 Å². The van der Waals surface area contributed by atoms with E-state index in [4.69, 9.17) is 0 Å². The molecule has 4 nitrogen and oxygen atoms in total. The van der Waals surface area contributed by atoms with Crippen LogP contribution in [0.5, 0.6) is 0 Å².